The number of aromatic amines is 1. The number of carbonyl (C=O) groups is 1. The molecule has 10 heteroatoms. The quantitative estimate of drug-likeness (QED) is 0.532. The Morgan fingerprint density at radius 3 is 2.93 bits per heavy atom. The minimum Gasteiger partial charge on any atom is -0.438 e. The van der Waals surface area contributed by atoms with Gasteiger partial charge in [-0.1, -0.05) is 6.07 Å². The minimum absolute atomic E-state index is 0.0252. The number of carbonyl (C=O) groups excluding carboxylic acids is 1. The number of aliphatic hydroxyl groups excluding tert-OH is 1. The molecule has 0 spiro atoms. The van der Waals surface area contributed by atoms with Gasteiger partial charge in [-0.15, -0.1) is 0 Å². The van der Waals surface area contributed by atoms with E-state index in [1.54, 1.807) is 19.3 Å². The molecule has 1 aliphatic heterocycles. The van der Waals surface area contributed by atoms with Crippen molar-refractivity contribution < 1.29 is 23.1 Å². The highest BCUT2D eigenvalue weighted by Gasteiger charge is 2.39. The standard InChI is InChI=1S/C20H18FN5O4/c1-9-17(30-18(24-9)10(2)27)20(28)26-7-6-12-15(23-8-22-12)16(26)19-25-14-11(21)4-3-5-13(14)29-19/h3-5,8,10,16,27H,6-7H2,1-2H3,(H,22,23)/t10-,16+/m1/s1. The van der Waals surface area contributed by atoms with Gasteiger partial charge in [0.15, 0.2) is 17.4 Å². The van der Waals surface area contributed by atoms with Crippen LogP contribution >= 0.6 is 0 Å². The first-order chi connectivity index (χ1) is 14.4. The molecular weight excluding hydrogens is 393 g/mol. The molecule has 154 valence electrons. The highest BCUT2D eigenvalue weighted by atomic mass is 19.1. The number of para-hydroxylation sites is 1. The second kappa shape index (κ2) is 6.77. The predicted octanol–water partition coefficient (Wildman–Crippen LogP) is 2.83. The van der Waals surface area contributed by atoms with Crippen molar-refractivity contribution in [3.05, 3.63) is 65.0 Å². The Balaban J connectivity index is 1.62. The Morgan fingerprint density at radius 1 is 1.37 bits per heavy atom. The van der Waals surface area contributed by atoms with Gasteiger partial charge in [0.05, 0.1) is 17.7 Å². The lowest BCUT2D eigenvalue weighted by Gasteiger charge is -2.32. The largest absolute Gasteiger partial charge is 0.438 e. The van der Waals surface area contributed by atoms with E-state index in [0.29, 0.717) is 24.4 Å². The number of rotatable bonds is 3. The van der Waals surface area contributed by atoms with Crippen LogP contribution in [0, 0.1) is 12.7 Å². The van der Waals surface area contributed by atoms with E-state index in [4.69, 9.17) is 8.83 Å². The smallest absolute Gasteiger partial charge is 0.292 e. The molecule has 0 bridgehead atoms. The Kier molecular flexibility index (Phi) is 4.17. The van der Waals surface area contributed by atoms with Crippen molar-refractivity contribution in [1.82, 2.24) is 24.8 Å². The third-order valence-electron chi connectivity index (χ3n) is 5.17. The van der Waals surface area contributed by atoms with Crippen molar-refractivity contribution in [2.24, 2.45) is 0 Å². The molecule has 0 radical (unpaired) electrons. The first-order valence-corrected chi connectivity index (χ1v) is 9.47. The van der Waals surface area contributed by atoms with Gasteiger partial charge in [-0.25, -0.2) is 19.3 Å². The minimum atomic E-state index is -0.944. The lowest BCUT2D eigenvalue weighted by molar-refractivity contribution is 0.0625. The van der Waals surface area contributed by atoms with Gasteiger partial charge in [-0.3, -0.25) is 4.79 Å². The Hall–Kier alpha value is -3.53. The van der Waals surface area contributed by atoms with Gasteiger partial charge >= 0.3 is 0 Å². The molecule has 0 aliphatic carbocycles. The highest BCUT2D eigenvalue weighted by molar-refractivity contribution is 5.93. The summed E-state index contributed by atoms with van der Waals surface area (Å²) >= 11 is 0. The molecule has 0 unspecified atom stereocenters. The molecule has 0 fully saturated rings. The number of hydrogen-bond acceptors (Lipinski definition) is 7. The molecule has 0 saturated heterocycles. The summed E-state index contributed by atoms with van der Waals surface area (Å²) < 4.78 is 25.5. The van der Waals surface area contributed by atoms with Crippen LogP contribution in [0.2, 0.25) is 0 Å². The number of aromatic nitrogens is 4. The third-order valence-corrected chi connectivity index (χ3v) is 5.17. The van der Waals surface area contributed by atoms with E-state index in [9.17, 15) is 14.3 Å². The lowest BCUT2D eigenvalue weighted by atomic mass is 10.0. The number of halogens is 1. The lowest BCUT2D eigenvalue weighted by Crippen LogP contribution is -2.41. The number of aryl methyl sites for hydroxylation is 1. The first-order valence-electron chi connectivity index (χ1n) is 9.47. The molecule has 5 rings (SSSR count). The van der Waals surface area contributed by atoms with Gasteiger partial charge in [-0.05, 0) is 26.0 Å². The van der Waals surface area contributed by atoms with Gasteiger partial charge in [0.1, 0.15) is 11.6 Å². The Morgan fingerprint density at radius 2 is 2.20 bits per heavy atom. The van der Waals surface area contributed by atoms with Crippen molar-refractivity contribution in [1.29, 1.82) is 0 Å². The zero-order valence-corrected chi connectivity index (χ0v) is 16.2. The second-order valence-corrected chi connectivity index (χ2v) is 7.20. The van der Waals surface area contributed by atoms with Crippen molar-refractivity contribution in [2.75, 3.05) is 6.54 Å². The van der Waals surface area contributed by atoms with E-state index in [0.717, 1.165) is 5.69 Å². The third kappa shape index (κ3) is 2.79. The van der Waals surface area contributed by atoms with E-state index >= 15 is 0 Å². The summed E-state index contributed by atoms with van der Waals surface area (Å²) in [4.78, 5) is 30.8. The van der Waals surface area contributed by atoms with Crippen LogP contribution in [0.1, 0.15) is 58.5 Å². The van der Waals surface area contributed by atoms with Gasteiger partial charge in [0, 0.05) is 18.7 Å². The van der Waals surface area contributed by atoms with E-state index in [1.807, 2.05) is 0 Å². The van der Waals surface area contributed by atoms with Gasteiger partial charge < -0.3 is 23.8 Å². The van der Waals surface area contributed by atoms with Crippen LogP contribution in [-0.4, -0.2) is 42.4 Å². The van der Waals surface area contributed by atoms with E-state index < -0.39 is 23.9 Å². The van der Waals surface area contributed by atoms with Crippen LogP contribution in [0.5, 0.6) is 0 Å². The average molecular weight is 411 g/mol. The van der Waals surface area contributed by atoms with Crippen LogP contribution in [-0.2, 0) is 6.42 Å². The summed E-state index contributed by atoms with van der Waals surface area (Å²) in [6.45, 7) is 3.48. The molecule has 9 nitrogen and oxygen atoms in total. The molecule has 2 N–H and O–H groups in total. The summed E-state index contributed by atoms with van der Waals surface area (Å²) in [6, 6.07) is 3.68. The summed E-state index contributed by atoms with van der Waals surface area (Å²) in [7, 11) is 0. The molecule has 4 aromatic rings. The Labute approximate surface area is 169 Å². The number of benzene rings is 1. The normalized spacial score (nSPS) is 17.3. The molecule has 2 atom stereocenters. The number of H-pyrrole nitrogens is 1. The van der Waals surface area contributed by atoms with Crippen LogP contribution in [0.15, 0.2) is 33.4 Å². The van der Waals surface area contributed by atoms with Crippen LogP contribution in [0.4, 0.5) is 4.39 Å². The SMILES string of the molecule is Cc1nc([C@@H](C)O)oc1C(=O)N1CCc2[nH]cnc2[C@H]1c1nc2c(F)cccc2o1. The molecule has 4 heterocycles. The van der Waals surface area contributed by atoms with Gasteiger partial charge in [0.2, 0.25) is 17.5 Å². The molecule has 3 aromatic heterocycles. The van der Waals surface area contributed by atoms with Crippen molar-refractivity contribution in [2.45, 2.75) is 32.4 Å². The fraction of sp³-hybridized carbons (Fsp3) is 0.300. The maximum atomic E-state index is 14.2. The van der Waals surface area contributed by atoms with E-state index in [-0.39, 0.29) is 28.6 Å². The maximum absolute atomic E-state index is 14.2. The van der Waals surface area contributed by atoms with E-state index in [2.05, 4.69) is 19.9 Å². The molecule has 30 heavy (non-hydrogen) atoms. The van der Waals surface area contributed by atoms with Gasteiger partial charge in [-0.2, -0.15) is 0 Å². The van der Waals surface area contributed by atoms with Gasteiger partial charge in [0.25, 0.3) is 5.91 Å². The number of nitrogens with one attached hydrogen (secondary N) is 1. The number of fused-ring (bicyclic) bond motifs is 2. The number of oxazole rings is 2. The second-order valence-electron chi connectivity index (χ2n) is 7.20. The Bertz CT molecular complexity index is 1260. The van der Waals surface area contributed by atoms with Crippen molar-refractivity contribution >= 4 is 17.0 Å². The fourth-order valence-electron chi connectivity index (χ4n) is 3.72. The zero-order valence-electron chi connectivity index (χ0n) is 16.2. The highest BCUT2D eigenvalue weighted by Crippen LogP contribution is 2.36. The number of amides is 1. The van der Waals surface area contributed by atoms with Crippen LogP contribution in [0.25, 0.3) is 11.1 Å². The summed E-state index contributed by atoms with van der Waals surface area (Å²) in [5.41, 5.74) is 2.17. The van der Waals surface area contributed by atoms with Crippen LogP contribution < -0.4 is 0 Å². The number of hydrogen-bond donors (Lipinski definition) is 2. The zero-order chi connectivity index (χ0) is 21.0. The molecule has 1 aliphatic rings. The van der Waals surface area contributed by atoms with Crippen molar-refractivity contribution in [3.63, 3.8) is 0 Å². The molecular formula is C20H18FN5O4. The topological polar surface area (TPSA) is 121 Å². The maximum Gasteiger partial charge on any atom is 0.292 e. The number of aliphatic hydroxyl groups is 1. The van der Waals surface area contributed by atoms with Crippen molar-refractivity contribution in [3.8, 4) is 0 Å². The summed E-state index contributed by atoms with van der Waals surface area (Å²) in [6.07, 6.45) is 1.14. The monoisotopic (exact) mass is 411 g/mol. The average Bonchev–Trinajstić information content (AvgIpc) is 3.44. The molecule has 1 amide bonds. The summed E-state index contributed by atoms with van der Waals surface area (Å²) in [5, 5.41) is 9.74. The molecule has 1 aromatic carbocycles. The molecule has 0 saturated carbocycles. The number of imidazole rings is 1. The van der Waals surface area contributed by atoms with Crippen LogP contribution in [0.3, 0.4) is 0 Å². The number of nitrogens with zero attached hydrogens (tertiary/aromatic N) is 4. The van der Waals surface area contributed by atoms with E-state index in [1.165, 1.54) is 24.0 Å². The summed E-state index contributed by atoms with van der Waals surface area (Å²) in [5.74, 6) is -0.699. The fourth-order valence-corrected chi connectivity index (χ4v) is 3.72. The predicted molar refractivity (Wildman–Crippen MR) is 101 cm³/mol. The first kappa shape index (κ1) is 18.5.